The summed E-state index contributed by atoms with van der Waals surface area (Å²) < 4.78 is 0.422. The summed E-state index contributed by atoms with van der Waals surface area (Å²) in [6, 6.07) is 31.8. The standard InChI is InChI=1S/C22H20S3/c1-4-11-19(12-5-1)13-10-18-23-22(24-20-14-6-2-7-15-20)25-21-16-8-3-9-17-21/h1-17,22H,18H2/b13-10+. The molecular weight excluding hydrogens is 360 g/mol. The van der Waals surface area contributed by atoms with Crippen molar-refractivity contribution in [3.63, 3.8) is 0 Å². The molecule has 0 spiro atoms. The summed E-state index contributed by atoms with van der Waals surface area (Å²) in [5.74, 6) is 0.999. The zero-order valence-electron chi connectivity index (χ0n) is 13.8. The van der Waals surface area contributed by atoms with Gasteiger partial charge in [-0.15, -0.1) is 35.3 Å². The molecule has 25 heavy (non-hydrogen) atoms. The van der Waals surface area contributed by atoms with E-state index in [4.69, 9.17) is 0 Å². The van der Waals surface area contributed by atoms with Gasteiger partial charge in [0.25, 0.3) is 0 Å². The van der Waals surface area contributed by atoms with Crippen LogP contribution in [-0.4, -0.2) is 9.67 Å². The van der Waals surface area contributed by atoms with Crippen LogP contribution >= 0.6 is 35.3 Å². The third-order valence-corrected chi connectivity index (χ3v) is 7.49. The summed E-state index contributed by atoms with van der Waals surface area (Å²) >= 11 is 5.81. The minimum Gasteiger partial charge on any atom is -0.132 e. The Kier molecular flexibility index (Phi) is 7.62. The van der Waals surface area contributed by atoms with Gasteiger partial charge in [-0.3, -0.25) is 0 Å². The lowest BCUT2D eigenvalue weighted by molar-refractivity contribution is 1.45. The molecule has 3 rings (SSSR count). The maximum atomic E-state index is 2.25. The predicted octanol–water partition coefficient (Wildman–Crippen LogP) is 7.30. The molecule has 0 aromatic heterocycles. The second-order valence-corrected chi connectivity index (χ2v) is 9.69. The second kappa shape index (κ2) is 10.4. The number of hydrogen-bond donors (Lipinski definition) is 0. The first-order chi connectivity index (χ1) is 12.4. The predicted molar refractivity (Wildman–Crippen MR) is 116 cm³/mol. The zero-order chi connectivity index (χ0) is 17.2. The van der Waals surface area contributed by atoms with E-state index in [1.807, 2.05) is 35.3 Å². The van der Waals surface area contributed by atoms with Crippen molar-refractivity contribution in [1.82, 2.24) is 0 Å². The van der Waals surface area contributed by atoms with E-state index in [1.165, 1.54) is 15.4 Å². The van der Waals surface area contributed by atoms with E-state index < -0.39 is 0 Å². The van der Waals surface area contributed by atoms with Crippen molar-refractivity contribution in [1.29, 1.82) is 0 Å². The van der Waals surface area contributed by atoms with Gasteiger partial charge in [0.05, 0.1) is 0 Å². The summed E-state index contributed by atoms with van der Waals surface area (Å²) in [5, 5.41) is 0. The molecule has 0 atom stereocenters. The molecule has 3 heteroatoms. The van der Waals surface area contributed by atoms with Gasteiger partial charge in [-0.25, -0.2) is 0 Å². The van der Waals surface area contributed by atoms with Gasteiger partial charge in [-0.2, -0.15) is 0 Å². The monoisotopic (exact) mass is 380 g/mol. The van der Waals surface area contributed by atoms with Gasteiger partial charge in [-0.1, -0.05) is 78.9 Å². The molecule has 0 unspecified atom stereocenters. The van der Waals surface area contributed by atoms with Gasteiger partial charge in [0.2, 0.25) is 0 Å². The molecule has 0 saturated carbocycles. The van der Waals surface area contributed by atoms with Crippen LogP contribution in [0.2, 0.25) is 0 Å². The van der Waals surface area contributed by atoms with Gasteiger partial charge >= 0.3 is 0 Å². The van der Waals surface area contributed by atoms with Crippen LogP contribution in [0.3, 0.4) is 0 Å². The van der Waals surface area contributed by atoms with E-state index in [0.29, 0.717) is 3.91 Å². The summed E-state index contributed by atoms with van der Waals surface area (Å²) in [7, 11) is 0. The third-order valence-electron chi connectivity index (χ3n) is 3.39. The molecule has 0 saturated heterocycles. The van der Waals surface area contributed by atoms with E-state index in [2.05, 4.69) is 103 Å². The van der Waals surface area contributed by atoms with Crippen molar-refractivity contribution >= 4 is 41.4 Å². The number of hydrogen-bond acceptors (Lipinski definition) is 3. The van der Waals surface area contributed by atoms with E-state index in [0.717, 1.165) is 5.75 Å². The SMILES string of the molecule is C(=C\c1ccccc1)/CSC(Sc1ccccc1)Sc1ccccc1. The molecule has 3 aromatic rings. The second-order valence-electron chi connectivity index (χ2n) is 5.30. The summed E-state index contributed by atoms with van der Waals surface area (Å²) in [4.78, 5) is 2.63. The van der Waals surface area contributed by atoms with Crippen LogP contribution in [0.5, 0.6) is 0 Å². The fourth-order valence-electron chi connectivity index (χ4n) is 2.19. The normalized spacial score (nSPS) is 11.2. The van der Waals surface area contributed by atoms with Crippen LogP contribution in [0.1, 0.15) is 5.56 Å². The van der Waals surface area contributed by atoms with E-state index in [-0.39, 0.29) is 0 Å². The molecule has 0 heterocycles. The molecule has 3 aromatic carbocycles. The molecular formula is C22H20S3. The summed E-state index contributed by atoms with van der Waals surface area (Å²) in [6.45, 7) is 0. The molecule has 0 fully saturated rings. The maximum absolute atomic E-state index is 2.25. The fraction of sp³-hybridized carbons (Fsp3) is 0.0909. The highest BCUT2D eigenvalue weighted by atomic mass is 32.3. The van der Waals surface area contributed by atoms with E-state index in [9.17, 15) is 0 Å². The lowest BCUT2D eigenvalue weighted by atomic mass is 10.2. The molecule has 0 nitrogen and oxygen atoms in total. The lowest BCUT2D eigenvalue weighted by Gasteiger charge is -2.15. The minimum atomic E-state index is 0.422. The van der Waals surface area contributed by atoms with Gasteiger partial charge in [-0.05, 0) is 29.8 Å². The van der Waals surface area contributed by atoms with Gasteiger partial charge in [0.1, 0.15) is 3.91 Å². The van der Waals surface area contributed by atoms with Crippen molar-refractivity contribution in [3.05, 3.63) is 103 Å². The Morgan fingerprint density at radius 1 is 0.640 bits per heavy atom. The number of rotatable bonds is 8. The van der Waals surface area contributed by atoms with Crippen LogP contribution in [0.15, 0.2) is 107 Å². The first-order valence-corrected chi connectivity index (χ1v) is 11.0. The Bertz CT molecular complexity index is 714. The van der Waals surface area contributed by atoms with Crippen LogP contribution in [0.25, 0.3) is 6.08 Å². The number of thioether (sulfide) groups is 3. The van der Waals surface area contributed by atoms with Gasteiger partial charge in [0, 0.05) is 15.5 Å². The fourth-order valence-corrected chi connectivity index (χ4v) is 6.17. The van der Waals surface area contributed by atoms with E-state index in [1.54, 1.807) is 0 Å². The Morgan fingerprint density at radius 2 is 1.12 bits per heavy atom. The average molecular weight is 381 g/mol. The highest BCUT2D eigenvalue weighted by Gasteiger charge is 2.12. The molecule has 0 aliphatic rings. The van der Waals surface area contributed by atoms with E-state index >= 15 is 0 Å². The molecule has 0 radical (unpaired) electrons. The minimum absolute atomic E-state index is 0.422. The summed E-state index contributed by atoms with van der Waals surface area (Å²) in [6.07, 6.45) is 4.45. The Labute approximate surface area is 163 Å². The average Bonchev–Trinajstić information content (AvgIpc) is 2.67. The maximum Gasteiger partial charge on any atom is 0.105 e. The van der Waals surface area contributed by atoms with Crippen LogP contribution in [0, 0.1) is 0 Å². The molecule has 126 valence electrons. The van der Waals surface area contributed by atoms with Crippen LogP contribution in [0.4, 0.5) is 0 Å². The third kappa shape index (κ3) is 6.69. The smallest absolute Gasteiger partial charge is 0.105 e. The zero-order valence-corrected chi connectivity index (χ0v) is 16.3. The lowest BCUT2D eigenvalue weighted by Crippen LogP contribution is -1.92. The molecule has 0 aliphatic carbocycles. The van der Waals surface area contributed by atoms with Crippen molar-refractivity contribution in [2.75, 3.05) is 5.75 Å². The molecule has 0 aliphatic heterocycles. The molecule has 0 amide bonds. The van der Waals surface area contributed by atoms with Crippen molar-refractivity contribution in [3.8, 4) is 0 Å². The molecule has 0 bridgehead atoms. The van der Waals surface area contributed by atoms with Crippen LogP contribution < -0.4 is 0 Å². The Morgan fingerprint density at radius 3 is 1.64 bits per heavy atom. The first-order valence-electron chi connectivity index (χ1n) is 8.17. The topological polar surface area (TPSA) is 0 Å². The molecule has 0 N–H and O–H groups in total. The quantitative estimate of drug-likeness (QED) is 0.297. The highest BCUT2D eigenvalue weighted by molar-refractivity contribution is 8.32. The number of benzene rings is 3. The van der Waals surface area contributed by atoms with Crippen molar-refractivity contribution in [2.45, 2.75) is 13.7 Å². The summed E-state index contributed by atoms with van der Waals surface area (Å²) in [5.41, 5.74) is 1.26. The highest BCUT2D eigenvalue weighted by Crippen LogP contribution is 2.42. The largest absolute Gasteiger partial charge is 0.132 e. The first kappa shape index (κ1) is 18.2. The van der Waals surface area contributed by atoms with Crippen molar-refractivity contribution < 1.29 is 0 Å². The van der Waals surface area contributed by atoms with Gasteiger partial charge in [0.15, 0.2) is 0 Å². The Balaban J connectivity index is 1.60. The van der Waals surface area contributed by atoms with Crippen LogP contribution in [-0.2, 0) is 0 Å². The Hall–Kier alpha value is -1.55. The van der Waals surface area contributed by atoms with Gasteiger partial charge < -0.3 is 0 Å². The van der Waals surface area contributed by atoms with Crippen molar-refractivity contribution in [2.24, 2.45) is 0 Å².